The Balaban J connectivity index is 1.26. The van der Waals surface area contributed by atoms with Crippen molar-refractivity contribution in [2.24, 2.45) is 11.8 Å². The molecule has 0 spiro atoms. The van der Waals surface area contributed by atoms with Crippen molar-refractivity contribution >= 4 is 11.7 Å². The number of hydrogen-bond donors (Lipinski definition) is 3. The second-order valence-electron chi connectivity index (χ2n) is 7.97. The normalized spacial score (nSPS) is 28.3. The molecule has 1 aromatic rings. The molecule has 26 heavy (non-hydrogen) atoms. The van der Waals surface area contributed by atoms with Gasteiger partial charge in [0.05, 0.1) is 18.8 Å². The van der Waals surface area contributed by atoms with Crippen molar-refractivity contribution in [3.8, 4) is 0 Å². The lowest BCUT2D eigenvalue weighted by Gasteiger charge is -2.30. The second kappa shape index (κ2) is 7.94. The Morgan fingerprint density at radius 3 is 2.38 bits per heavy atom. The number of nitrogens with zero attached hydrogens (tertiary/aromatic N) is 1. The first-order chi connectivity index (χ1) is 12.7. The molecule has 3 fully saturated rings. The average molecular weight is 359 g/mol. The van der Waals surface area contributed by atoms with Crippen LogP contribution in [0.25, 0.3) is 0 Å². The topological polar surface area (TPSA) is 73.8 Å². The van der Waals surface area contributed by atoms with Crippen LogP contribution in [0, 0.1) is 11.8 Å². The summed E-state index contributed by atoms with van der Waals surface area (Å²) in [4.78, 5) is 14.5. The zero-order valence-corrected chi connectivity index (χ0v) is 15.1. The van der Waals surface area contributed by atoms with Gasteiger partial charge >= 0.3 is 6.03 Å². The molecular formula is C20H29N3O3. The van der Waals surface area contributed by atoms with Gasteiger partial charge in [-0.1, -0.05) is 18.2 Å². The minimum Gasteiger partial charge on any atom is -0.389 e. The Morgan fingerprint density at radius 2 is 1.77 bits per heavy atom. The largest absolute Gasteiger partial charge is 0.389 e. The molecule has 3 aliphatic rings. The van der Waals surface area contributed by atoms with E-state index in [0.29, 0.717) is 13.2 Å². The van der Waals surface area contributed by atoms with Gasteiger partial charge in [0.15, 0.2) is 0 Å². The summed E-state index contributed by atoms with van der Waals surface area (Å²) in [6.45, 7) is 3.02. The third kappa shape index (κ3) is 4.75. The van der Waals surface area contributed by atoms with E-state index in [1.165, 1.54) is 25.7 Å². The second-order valence-corrected chi connectivity index (χ2v) is 7.97. The van der Waals surface area contributed by atoms with Crippen LogP contribution in [0.4, 0.5) is 10.5 Å². The Bertz CT molecular complexity index is 590. The van der Waals surface area contributed by atoms with E-state index in [9.17, 15) is 9.90 Å². The molecule has 0 bridgehead atoms. The van der Waals surface area contributed by atoms with Crippen molar-refractivity contribution in [1.29, 1.82) is 0 Å². The molecule has 2 saturated carbocycles. The number of aliphatic hydroxyl groups is 1. The van der Waals surface area contributed by atoms with Gasteiger partial charge in [0, 0.05) is 25.3 Å². The molecule has 1 saturated heterocycles. The highest BCUT2D eigenvalue weighted by Gasteiger charge is 2.42. The SMILES string of the molecule is O=C(NCC1OCC(N(CC2CC2)CC2CC2)C1O)Nc1ccccc1. The van der Waals surface area contributed by atoms with E-state index in [1.807, 2.05) is 30.3 Å². The van der Waals surface area contributed by atoms with Crippen molar-refractivity contribution in [3.05, 3.63) is 30.3 Å². The number of benzene rings is 1. The Morgan fingerprint density at radius 1 is 1.12 bits per heavy atom. The van der Waals surface area contributed by atoms with Gasteiger partial charge in [-0.05, 0) is 49.7 Å². The molecule has 1 heterocycles. The molecule has 0 aromatic heterocycles. The Kier molecular flexibility index (Phi) is 5.43. The summed E-state index contributed by atoms with van der Waals surface area (Å²) in [6.07, 6.45) is 4.36. The molecule has 2 amide bonds. The van der Waals surface area contributed by atoms with Crippen LogP contribution in [-0.2, 0) is 4.74 Å². The number of amides is 2. The van der Waals surface area contributed by atoms with Crippen LogP contribution < -0.4 is 10.6 Å². The minimum absolute atomic E-state index is 0.0557. The van der Waals surface area contributed by atoms with Gasteiger partial charge < -0.3 is 20.5 Å². The zero-order valence-electron chi connectivity index (χ0n) is 15.1. The quantitative estimate of drug-likeness (QED) is 0.664. The Labute approximate surface area is 154 Å². The lowest BCUT2D eigenvalue weighted by Crippen LogP contribution is -2.48. The lowest BCUT2D eigenvalue weighted by atomic mass is 10.1. The molecule has 3 atom stereocenters. The molecule has 3 N–H and O–H groups in total. The molecule has 3 unspecified atom stereocenters. The fourth-order valence-electron chi connectivity index (χ4n) is 3.67. The molecule has 6 nitrogen and oxygen atoms in total. The van der Waals surface area contributed by atoms with E-state index in [1.54, 1.807) is 0 Å². The summed E-state index contributed by atoms with van der Waals surface area (Å²) in [5.41, 5.74) is 0.746. The number of rotatable bonds is 8. The maximum atomic E-state index is 12.0. The monoisotopic (exact) mass is 359 g/mol. The van der Waals surface area contributed by atoms with Crippen molar-refractivity contribution in [3.63, 3.8) is 0 Å². The van der Waals surface area contributed by atoms with Gasteiger partial charge in [-0.15, -0.1) is 0 Å². The third-order valence-electron chi connectivity index (χ3n) is 5.60. The first-order valence-electron chi connectivity index (χ1n) is 9.82. The van der Waals surface area contributed by atoms with Gasteiger partial charge in [0.2, 0.25) is 0 Å². The number of carbonyl (C=O) groups excluding carboxylic acids is 1. The lowest BCUT2D eigenvalue weighted by molar-refractivity contribution is 0.0330. The maximum Gasteiger partial charge on any atom is 0.319 e. The zero-order chi connectivity index (χ0) is 17.9. The smallest absolute Gasteiger partial charge is 0.319 e. The number of carbonyl (C=O) groups is 1. The predicted molar refractivity (Wildman–Crippen MR) is 100 cm³/mol. The molecule has 1 aliphatic heterocycles. The van der Waals surface area contributed by atoms with Gasteiger partial charge in [-0.3, -0.25) is 4.90 Å². The van der Waals surface area contributed by atoms with Gasteiger partial charge in [0.25, 0.3) is 0 Å². The summed E-state index contributed by atoms with van der Waals surface area (Å²) in [5, 5.41) is 16.4. The summed E-state index contributed by atoms with van der Waals surface area (Å²) < 4.78 is 5.83. The van der Waals surface area contributed by atoms with E-state index >= 15 is 0 Å². The number of urea groups is 1. The van der Waals surface area contributed by atoms with Crippen LogP contribution in [0.1, 0.15) is 25.7 Å². The van der Waals surface area contributed by atoms with Crippen molar-refractivity contribution < 1.29 is 14.6 Å². The third-order valence-corrected chi connectivity index (χ3v) is 5.60. The number of hydrogen-bond acceptors (Lipinski definition) is 4. The number of para-hydroxylation sites is 1. The fraction of sp³-hybridized carbons (Fsp3) is 0.650. The van der Waals surface area contributed by atoms with Crippen LogP contribution in [0.5, 0.6) is 0 Å². The van der Waals surface area contributed by atoms with E-state index < -0.39 is 6.10 Å². The maximum absolute atomic E-state index is 12.0. The van der Waals surface area contributed by atoms with Crippen molar-refractivity contribution in [2.45, 2.75) is 43.9 Å². The van der Waals surface area contributed by atoms with Crippen LogP contribution in [0.15, 0.2) is 30.3 Å². The van der Waals surface area contributed by atoms with Gasteiger partial charge in [0.1, 0.15) is 6.10 Å². The molecule has 2 aliphatic carbocycles. The van der Waals surface area contributed by atoms with Crippen LogP contribution in [0.2, 0.25) is 0 Å². The number of anilines is 1. The van der Waals surface area contributed by atoms with Crippen LogP contribution in [-0.4, -0.2) is 60.5 Å². The molecule has 142 valence electrons. The van der Waals surface area contributed by atoms with Gasteiger partial charge in [-0.25, -0.2) is 4.79 Å². The first kappa shape index (κ1) is 17.8. The number of aliphatic hydroxyl groups excluding tert-OH is 1. The predicted octanol–water partition coefficient (Wildman–Crippen LogP) is 2.06. The molecule has 6 heteroatoms. The van der Waals surface area contributed by atoms with Crippen LogP contribution >= 0.6 is 0 Å². The first-order valence-corrected chi connectivity index (χ1v) is 9.82. The van der Waals surface area contributed by atoms with Gasteiger partial charge in [-0.2, -0.15) is 0 Å². The molecule has 1 aromatic carbocycles. The minimum atomic E-state index is -0.551. The summed E-state index contributed by atoms with van der Waals surface area (Å²) >= 11 is 0. The molecule has 0 radical (unpaired) electrons. The van der Waals surface area contributed by atoms with Crippen LogP contribution in [0.3, 0.4) is 0 Å². The summed E-state index contributed by atoms with van der Waals surface area (Å²) in [6, 6.07) is 9.11. The van der Waals surface area contributed by atoms with E-state index in [-0.39, 0.29) is 18.2 Å². The number of nitrogens with one attached hydrogen (secondary N) is 2. The summed E-state index contributed by atoms with van der Waals surface area (Å²) in [5.74, 6) is 1.60. The fourth-order valence-corrected chi connectivity index (χ4v) is 3.67. The van der Waals surface area contributed by atoms with E-state index in [0.717, 1.165) is 30.6 Å². The van der Waals surface area contributed by atoms with E-state index in [4.69, 9.17) is 4.74 Å². The number of ether oxygens (including phenoxy) is 1. The molecule has 4 rings (SSSR count). The highest BCUT2D eigenvalue weighted by molar-refractivity contribution is 5.89. The summed E-state index contributed by atoms with van der Waals surface area (Å²) in [7, 11) is 0. The van der Waals surface area contributed by atoms with E-state index in [2.05, 4.69) is 15.5 Å². The van der Waals surface area contributed by atoms with Crippen molar-refractivity contribution in [2.75, 3.05) is 31.6 Å². The highest BCUT2D eigenvalue weighted by atomic mass is 16.5. The molecular weight excluding hydrogens is 330 g/mol. The highest BCUT2D eigenvalue weighted by Crippen LogP contribution is 2.36. The standard InChI is InChI=1S/C20H29N3O3/c24-19-17(23(11-14-6-7-14)12-15-8-9-15)13-26-18(19)10-21-20(25)22-16-4-2-1-3-5-16/h1-5,14-15,17-19,24H,6-13H2,(H2,21,22,25). The van der Waals surface area contributed by atoms with Crippen molar-refractivity contribution in [1.82, 2.24) is 10.2 Å². The Hall–Kier alpha value is -1.63. The average Bonchev–Trinajstić information content (AvgIpc) is 3.56.